The summed E-state index contributed by atoms with van der Waals surface area (Å²) in [6, 6.07) is 14.1. The van der Waals surface area contributed by atoms with E-state index in [9.17, 15) is 4.79 Å². The summed E-state index contributed by atoms with van der Waals surface area (Å²) in [6.45, 7) is 4.69. The Balaban J connectivity index is 1.60. The molecule has 1 atom stereocenters. The zero-order chi connectivity index (χ0) is 18.5. The number of fused-ring (bicyclic) bond motifs is 1. The van der Waals surface area contributed by atoms with Crippen molar-refractivity contribution in [1.82, 2.24) is 10.2 Å². The van der Waals surface area contributed by atoms with E-state index in [4.69, 9.17) is 9.47 Å². The van der Waals surface area contributed by atoms with E-state index in [1.807, 2.05) is 0 Å². The summed E-state index contributed by atoms with van der Waals surface area (Å²) in [5.41, 5.74) is 3.33. The molecule has 5 nitrogen and oxygen atoms in total. The van der Waals surface area contributed by atoms with Gasteiger partial charge in [0.05, 0.1) is 19.8 Å². The molecule has 0 bridgehead atoms. The Morgan fingerprint density at radius 3 is 2.65 bits per heavy atom. The number of hydrogen-bond donors (Lipinski definition) is 1. The molecule has 3 rings (SSSR count). The number of hydrogen-bond acceptors (Lipinski definition) is 4. The van der Waals surface area contributed by atoms with Crippen LogP contribution in [0.25, 0.3) is 0 Å². The van der Waals surface area contributed by atoms with Crippen molar-refractivity contribution in [3.63, 3.8) is 0 Å². The van der Waals surface area contributed by atoms with Crippen LogP contribution in [0.5, 0.6) is 11.5 Å². The average molecular weight is 354 g/mol. The molecule has 0 aliphatic carbocycles. The first-order chi connectivity index (χ1) is 12.6. The summed E-state index contributed by atoms with van der Waals surface area (Å²) in [6.07, 6.45) is 1.06. The number of nitrogens with one attached hydrogen (secondary N) is 1. The van der Waals surface area contributed by atoms with Gasteiger partial charge in [0.25, 0.3) is 5.91 Å². The highest BCUT2D eigenvalue weighted by atomic mass is 16.5. The van der Waals surface area contributed by atoms with Gasteiger partial charge in [0, 0.05) is 31.7 Å². The first-order valence-corrected chi connectivity index (χ1v) is 8.93. The molecule has 138 valence electrons. The Labute approximate surface area is 154 Å². The third-order valence-corrected chi connectivity index (χ3v) is 4.99. The van der Waals surface area contributed by atoms with E-state index in [2.05, 4.69) is 41.4 Å². The molecule has 0 fully saturated rings. The largest absolute Gasteiger partial charge is 0.497 e. The number of carbonyl (C=O) groups is 1. The van der Waals surface area contributed by atoms with Crippen molar-refractivity contribution in [2.24, 2.45) is 0 Å². The van der Waals surface area contributed by atoms with Crippen molar-refractivity contribution in [2.75, 3.05) is 27.3 Å². The molecule has 1 unspecified atom stereocenters. The molecule has 26 heavy (non-hydrogen) atoms. The van der Waals surface area contributed by atoms with Crippen LogP contribution in [0.1, 0.15) is 28.4 Å². The molecule has 0 saturated carbocycles. The van der Waals surface area contributed by atoms with Crippen molar-refractivity contribution in [2.45, 2.75) is 25.9 Å². The fourth-order valence-electron chi connectivity index (χ4n) is 3.34. The number of benzene rings is 2. The van der Waals surface area contributed by atoms with E-state index in [1.165, 1.54) is 11.1 Å². The molecule has 0 spiro atoms. The molecule has 1 aliphatic heterocycles. The van der Waals surface area contributed by atoms with Crippen LogP contribution in [-0.2, 0) is 13.0 Å². The highest BCUT2D eigenvalue weighted by molar-refractivity contribution is 5.97. The van der Waals surface area contributed by atoms with Gasteiger partial charge in [-0.2, -0.15) is 0 Å². The van der Waals surface area contributed by atoms with Gasteiger partial charge in [-0.3, -0.25) is 9.69 Å². The molecule has 2 aromatic carbocycles. The highest BCUT2D eigenvalue weighted by Gasteiger charge is 2.21. The van der Waals surface area contributed by atoms with Crippen molar-refractivity contribution in [1.29, 1.82) is 0 Å². The topological polar surface area (TPSA) is 50.8 Å². The van der Waals surface area contributed by atoms with Gasteiger partial charge < -0.3 is 14.8 Å². The first kappa shape index (κ1) is 18.3. The zero-order valence-electron chi connectivity index (χ0n) is 15.6. The molecule has 0 aromatic heterocycles. The zero-order valence-corrected chi connectivity index (χ0v) is 15.6. The molecular weight excluding hydrogens is 328 g/mol. The standard InChI is InChI=1S/C21H26N2O3/c1-15(23-11-10-16-6-4-5-7-17(16)14-23)13-22-21(24)19-9-8-18(25-2)12-20(19)26-3/h4-9,12,15H,10-11,13-14H2,1-3H3,(H,22,24). The maximum Gasteiger partial charge on any atom is 0.255 e. The predicted molar refractivity (Wildman–Crippen MR) is 102 cm³/mol. The molecule has 1 aliphatic rings. The molecule has 1 amide bonds. The molecule has 1 N–H and O–H groups in total. The van der Waals surface area contributed by atoms with Crippen LogP contribution < -0.4 is 14.8 Å². The fraction of sp³-hybridized carbons (Fsp3) is 0.381. The molecule has 1 heterocycles. The summed E-state index contributed by atoms with van der Waals surface area (Å²) in [4.78, 5) is 15.0. The van der Waals surface area contributed by atoms with Gasteiger partial charge in [0.2, 0.25) is 0 Å². The predicted octanol–water partition coefficient (Wildman–Crippen LogP) is 2.88. The number of amides is 1. The molecule has 2 aromatic rings. The Morgan fingerprint density at radius 1 is 1.15 bits per heavy atom. The summed E-state index contributed by atoms with van der Waals surface area (Å²) < 4.78 is 10.5. The van der Waals surface area contributed by atoms with E-state index >= 15 is 0 Å². The second-order valence-corrected chi connectivity index (χ2v) is 6.61. The van der Waals surface area contributed by atoms with Gasteiger partial charge >= 0.3 is 0 Å². The summed E-state index contributed by atoms with van der Waals surface area (Å²) in [5, 5.41) is 3.03. The molecule has 0 radical (unpaired) electrons. The van der Waals surface area contributed by atoms with E-state index in [0.29, 0.717) is 23.6 Å². The highest BCUT2D eigenvalue weighted by Crippen LogP contribution is 2.24. The van der Waals surface area contributed by atoms with Crippen LogP contribution in [0.2, 0.25) is 0 Å². The van der Waals surface area contributed by atoms with Gasteiger partial charge in [-0.05, 0) is 36.6 Å². The van der Waals surface area contributed by atoms with Crippen molar-refractivity contribution >= 4 is 5.91 Å². The Bertz CT molecular complexity index is 776. The Hall–Kier alpha value is -2.53. The number of rotatable bonds is 6. The van der Waals surface area contributed by atoms with E-state index in [-0.39, 0.29) is 11.9 Å². The van der Waals surface area contributed by atoms with Crippen LogP contribution >= 0.6 is 0 Å². The van der Waals surface area contributed by atoms with Crippen molar-refractivity contribution < 1.29 is 14.3 Å². The number of nitrogens with zero attached hydrogens (tertiary/aromatic N) is 1. The lowest BCUT2D eigenvalue weighted by Crippen LogP contribution is -2.44. The minimum Gasteiger partial charge on any atom is -0.497 e. The lowest BCUT2D eigenvalue weighted by Gasteiger charge is -2.33. The number of carbonyl (C=O) groups excluding carboxylic acids is 1. The maximum absolute atomic E-state index is 12.6. The lowest BCUT2D eigenvalue weighted by atomic mass is 9.99. The maximum atomic E-state index is 12.6. The minimum absolute atomic E-state index is 0.131. The Morgan fingerprint density at radius 2 is 1.92 bits per heavy atom. The lowest BCUT2D eigenvalue weighted by molar-refractivity contribution is 0.0929. The third kappa shape index (κ3) is 3.99. The normalized spacial score (nSPS) is 15.0. The number of ether oxygens (including phenoxy) is 2. The van der Waals surface area contributed by atoms with Gasteiger partial charge in [-0.25, -0.2) is 0 Å². The van der Waals surface area contributed by atoms with Crippen LogP contribution in [0, 0.1) is 0 Å². The van der Waals surface area contributed by atoms with Crippen LogP contribution in [0.3, 0.4) is 0 Å². The van der Waals surface area contributed by atoms with Gasteiger partial charge in [0.15, 0.2) is 0 Å². The van der Waals surface area contributed by atoms with Crippen LogP contribution in [0.15, 0.2) is 42.5 Å². The SMILES string of the molecule is COc1ccc(C(=O)NCC(C)N2CCc3ccccc3C2)c(OC)c1. The van der Waals surface area contributed by atoms with Crippen LogP contribution in [0.4, 0.5) is 0 Å². The fourth-order valence-corrected chi connectivity index (χ4v) is 3.34. The van der Waals surface area contributed by atoms with E-state index in [0.717, 1.165) is 19.5 Å². The quantitative estimate of drug-likeness (QED) is 0.867. The van der Waals surface area contributed by atoms with E-state index < -0.39 is 0 Å². The summed E-state index contributed by atoms with van der Waals surface area (Å²) >= 11 is 0. The monoisotopic (exact) mass is 354 g/mol. The molecule has 0 saturated heterocycles. The summed E-state index contributed by atoms with van der Waals surface area (Å²) in [7, 11) is 3.15. The minimum atomic E-state index is -0.131. The summed E-state index contributed by atoms with van der Waals surface area (Å²) in [5.74, 6) is 1.05. The van der Waals surface area contributed by atoms with Gasteiger partial charge in [-0.15, -0.1) is 0 Å². The third-order valence-electron chi connectivity index (χ3n) is 4.99. The van der Waals surface area contributed by atoms with Crippen molar-refractivity contribution in [3.8, 4) is 11.5 Å². The second kappa shape index (κ2) is 8.23. The van der Waals surface area contributed by atoms with Crippen LogP contribution in [-0.4, -0.2) is 44.2 Å². The number of methoxy groups -OCH3 is 2. The van der Waals surface area contributed by atoms with Gasteiger partial charge in [0.1, 0.15) is 11.5 Å². The molecular formula is C21H26N2O3. The van der Waals surface area contributed by atoms with Crippen molar-refractivity contribution in [3.05, 3.63) is 59.2 Å². The Kier molecular flexibility index (Phi) is 5.78. The second-order valence-electron chi connectivity index (χ2n) is 6.61. The van der Waals surface area contributed by atoms with Gasteiger partial charge in [-0.1, -0.05) is 24.3 Å². The van der Waals surface area contributed by atoms with E-state index in [1.54, 1.807) is 32.4 Å². The molecule has 5 heteroatoms. The first-order valence-electron chi connectivity index (χ1n) is 8.93. The average Bonchev–Trinajstić information content (AvgIpc) is 2.70. The smallest absolute Gasteiger partial charge is 0.255 e.